The number of nitrogens with zero attached hydrogens (tertiary/aromatic N) is 2. The summed E-state index contributed by atoms with van der Waals surface area (Å²) in [4.78, 5) is 27.3. The van der Waals surface area contributed by atoms with Crippen molar-refractivity contribution in [3.8, 4) is 0 Å². The fourth-order valence-corrected chi connectivity index (χ4v) is 2.02. The summed E-state index contributed by atoms with van der Waals surface area (Å²) in [7, 11) is 3.71. The number of likely N-dealkylation sites (tertiary alicyclic amines) is 1. The zero-order chi connectivity index (χ0) is 13.7. The van der Waals surface area contributed by atoms with Gasteiger partial charge in [-0.25, -0.2) is 0 Å². The third-order valence-corrected chi connectivity index (χ3v) is 3.32. The minimum Gasteiger partial charge on any atom is -0.392 e. The molecule has 102 valence electrons. The number of hydrogen-bond acceptors (Lipinski definition) is 4. The lowest BCUT2D eigenvalue weighted by atomic mass is 10.0. The highest BCUT2D eigenvalue weighted by Crippen LogP contribution is 2.14. The normalized spacial score (nSPS) is 17.2. The number of amides is 2. The van der Waals surface area contributed by atoms with Gasteiger partial charge in [-0.15, -0.1) is 0 Å². The van der Waals surface area contributed by atoms with Gasteiger partial charge in [0.2, 0.25) is 0 Å². The Morgan fingerprint density at radius 2 is 2.00 bits per heavy atom. The predicted octanol–water partition coefficient (Wildman–Crippen LogP) is -1.06. The van der Waals surface area contributed by atoms with Gasteiger partial charge < -0.3 is 20.9 Å². The Morgan fingerprint density at radius 1 is 1.44 bits per heavy atom. The van der Waals surface area contributed by atoms with Gasteiger partial charge in [-0.2, -0.15) is 0 Å². The van der Waals surface area contributed by atoms with Crippen LogP contribution in [-0.2, 0) is 9.59 Å². The van der Waals surface area contributed by atoms with E-state index in [1.54, 1.807) is 7.05 Å². The van der Waals surface area contributed by atoms with Crippen molar-refractivity contribution in [2.24, 2.45) is 5.73 Å². The number of likely N-dealkylation sites (N-methyl/N-ethyl adjacent to an activating group) is 1. The smallest absolute Gasteiger partial charge is 0.311 e. The fourth-order valence-electron chi connectivity index (χ4n) is 1.95. The van der Waals surface area contributed by atoms with Crippen LogP contribution in [0.25, 0.3) is 0 Å². The summed E-state index contributed by atoms with van der Waals surface area (Å²) >= 11 is 4.64. The molecule has 0 aliphatic carbocycles. The van der Waals surface area contributed by atoms with Gasteiger partial charge in [0.05, 0.1) is 11.5 Å². The second-order valence-electron chi connectivity index (χ2n) is 4.60. The largest absolute Gasteiger partial charge is 0.392 e. The van der Waals surface area contributed by atoms with E-state index in [4.69, 9.17) is 5.73 Å². The molecule has 7 heteroatoms. The van der Waals surface area contributed by atoms with Crippen LogP contribution in [0.2, 0.25) is 0 Å². The van der Waals surface area contributed by atoms with E-state index >= 15 is 0 Å². The van der Waals surface area contributed by atoms with E-state index in [1.807, 2.05) is 7.05 Å². The summed E-state index contributed by atoms with van der Waals surface area (Å²) in [5, 5.41) is 2.40. The molecule has 0 spiro atoms. The highest BCUT2D eigenvalue weighted by molar-refractivity contribution is 7.80. The van der Waals surface area contributed by atoms with Gasteiger partial charge in [0.15, 0.2) is 0 Å². The number of hydrogen-bond donors (Lipinski definition) is 2. The van der Waals surface area contributed by atoms with Gasteiger partial charge in [0.25, 0.3) is 0 Å². The number of nitrogens with two attached hydrogens (primary N) is 1. The first-order chi connectivity index (χ1) is 8.41. The second kappa shape index (κ2) is 6.65. The van der Waals surface area contributed by atoms with Crippen LogP contribution in [0, 0.1) is 0 Å². The average Bonchev–Trinajstić information content (AvgIpc) is 2.35. The molecule has 1 aliphatic rings. The topological polar surface area (TPSA) is 78.7 Å². The lowest BCUT2D eigenvalue weighted by Gasteiger charge is -2.34. The molecule has 0 bridgehead atoms. The van der Waals surface area contributed by atoms with Crippen molar-refractivity contribution >= 4 is 29.0 Å². The van der Waals surface area contributed by atoms with Crippen LogP contribution >= 0.6 is 12.2 Å². The van der Waals surface area contributed by atoms with E-state index in [0.29, 0.717) is 0 Å². The standard InChI is InChI=1S/C11H20N4O2S/c1-14-5-3-8(4-6-14)15(2)11(17)10(16)13-7-9(12)18/h8H,3-7H2,1-2H3,(H2,12,18)(H,13,16). The first-order valence-corrected chi connectivity index (χ1v) is 6.34. The minimum absolute atomic E-state index is 0.0567. The molecule has 1 rings (SSSR count). The van der Waals surface area contributed by atoms with Crippen LogP contribution in [-0.4, -0.2) is 66.4 Å². The summed E-state index contributed by atoms with van der Waals surface area (Å²) in [5.41, 5.74) is 5.26. The highest BCUT2D eigenvalue weighted by Gasteiger charge is 2.27. The van der Waals surface area contributed by atoms with Gasteiger partial charge in [0.1, 0.15) is 0 Å². The molecule has 0 unspecified atom stereocenters. The molecule has 18 heavy (non-hydrogen) atoms. The number of carbonyl (C=O) groups excluding carboxylic acids is 2. The maximum Gasteiger partial charge on any atom is 0.311 e. The Bertz CT molecular complexity index is 340. The molecule has 0 radical (unpaired) electrons. The minimum atomic E-state index is -0.649. The molecule has 1 saturated heterocycles. The zero-order valence-corrected chi connectivity index (χ0v) is 11.6. The molecule has 0 saturated carbocycles. The number of carbonyl (C=O) groups is 2. The Kier molecular flexibility index (Phi) is 5.49. The van der Waals surface area contributed by atoms with Crippen molar-refractivity contribution in [3.63, 3.8) is 0 Å². The summed E-state index contributed by atoms with van der Waals surface area (Å²) in [6.07, 6.45) is 1.78. The Hall–Kier alpha value is -1.21. The van der Waals surface area contributed by atoms with Crippen molar-refractivity contribution in [2.45, 2.75) is 18.9 Å². The first-order valence-electron chi connectivity index (χ1n) is 5.93. The Balaban J connectivity index is 2.45. The molecule has 1 aliphatic heterocycles. The maximum absolute atomic E-state index is 11.9. The summed E-state index contributed by atoms with van der Waals surface area (Å²) in [5.74, 6) is -1.18. The second-order valence-corrected chi connectivity index (χ2v) is 5.12. The van der Waals surface area contributed by atoms with Crippen LogP contribution < -0.4 is 11.1 Å². The van der Waals surface area contributed by atoms with Crippen LogP contribution in [0.4, 0.5) is 0 Å². The molecule has 1 fully saturated rings. The lowest BCUT2D eigenvalue weighted by molar-refractivity contribution is -0.146. The fraction of sp³-hybridized carbons (Fsp3) is 0.727. The molecule has 2 amide bonds. The molecular weight excluding hydrogens is 252 g/mol. The van der Waals surface area contributed by atoms with E-state index in [9.17, 15) is 9.59 Å². The number of nitrogens with one attached hydrogen (secondary N) is 1. The van der Waals surface area contributed by atoms with Crippen LogP contribution in [0.5, 0.6) is 0 Å². The van der Waals surface area contributed by atoms with Crippen molar-refractivity contribution in [2.75, 3.05) is 33.7 Å². The van der Waals surface area contributed by atoms with Crippen LogP contribution in [0.1, 0.15) is 12.8 Å². The van der Waals surface area contributed by atoms with Gasteiger partial charge in [-0.05, 0) is 33.0 Å². The SMILES string of the molecule is CN1CCC(N(C)C(=O)C(=O)NCC(N)=S)CC1. The quantitative estimate of drug-likeness (QED) is 0.506. The first kappa shape index (κ1) is 14.8. The van der Waals surface area contributed by atoms with Crippen molar-refractivity contribution < 1.29 is 9.59 Å². The lowest BCUT2D eigenvalue weighted by Crippen LogP contribution is -2.50. The molecule has 6 nitrogen and oxygen atoms in total. The molecule has 0 aromatic carbocycles. The summed E-state index contributed by atoms with van der Waals surface area (Å²) in [6.45, 7) is 1.94. The van der Waals surface area contributed by atoms with Crippen LogP contribution in [0.15, 0.2) is 0 Å². The molecule has 1 heterocycles. The number of rotatable bonds is 3. The Labute approximate surface area is 112 Å². The van der Waals surface area contributed by atoms with E-state index in [0.717, 1.165) is 25.9 Å². The third-order valence-electron chi connectivity index (χ3n) is 3.17. The van der Waals surface area contributed by atoms with E-state index in [1.165, 1.54) is 4.90 Å². The summed E-state index contributed by atoms with van der Waals surface area (Å²) in [6, 6.07) is 0.129. The van der Waals surface area contributed by atoms with E-state index in [-0.39, 0.29) is 17.6 Å². The van der Waals surface area contributed by atoms with E-state index < -0.39 is 11.8 Å². The monoisotopic (exact) mass is 272 g/mol. The highest BCUT2D eigenvalue weighted by atomic mass is 32.1. The summed E-state index contributed by atoms with van der Waals surface area (Å²) < 4.78 is 0. The molecule has 3 N–H and O–H groups in total. The van der Waals surface area contributed by atoms with Crippen molar-refractivity contribution in [1.29, 1.82) is 0 Å². The average molecular weight is 272 g/mol. The third kappa shape index (κ3) is 4.23. The maximum atomic E-state index is 11.9. The number of thiocarbonyl (C=S) groups is 1. The van der Waals surface area contributed by atoms with E-state index in [2.05, 4.69) is 22.4 Å². The van der Waals surface area contributed by atoms with Gasteiger partial charge in [0, 0.05) is 13.1 Å². The van der Waals surface area contributed by atoms with Crippen LogP contribution in [0.3, 0.4) is 0 Å². The van der Waals surface area contributed by atoms with Crippen molar-refractivity contribution in [1.82, 2.24) is 15.1 Å². The van der Waals surface area contributed by atoms with Gasteiger partial charge >= 0.3 is 11.8 Å². The predicted molar refractivity (Wildman–Crippen MR) is 73.1 cm³/mol. The molecule has 0 aromatic rings. The van der Waals surface area contributed by atoms with Gasteiger partial charge in [-0.3, -0.25) is 9.59 Å². The Morgan fingerprint density at radius 3 is 2.50 bits per heavy atom. The van der Waals surface area contributed by atoms with Crippen molar-refractivity contribution in [3.05, 3.63) is 0 Å². The number of piperidine rings is 1. The van der Waals surface area contributed by atoms with Gasteiger partial charge in [-0.1, -0.05) is 12.2 Å². The zero-order valence-electron chi connectivity index (χ0n) is 10.8. The molecular formula is C11H20N4O2S. The molecule has 0 atom stereocenters. The molecule has 0 aromatic heterocycles.